The van der Waals surface area contributed by atoms with Gasteiger partial charge in [-0.25, -0.2) is 4.39 Å². The van der Waals surface area contributed by atoms with Crippen molar-refractivity contribution >= 4 is 23.2 Å². The largest absolute Gasteiger partial charge is 0.489 e. The van der Waals surface area contributed by atoms with Crippen LogP contribution in [0.15, 0.2) is 72.8 Å². The van der Waals surface area contributed by atoms with Crippen molar-refractivity contribution in [3.63, 3.8) is 0 Å². The summed E-state index contributed by atoms with van der Waals surface area (Å²) < 4.78 is 18.9. The van der Waals surface area contributed by atoms with Crippen LogP contribution in [0.3, 0.4) is 0 Å². The minimum Gasteiger partial charge on any atom is -0.489 e. The Labute approximate surface area is 180 Å². The predicted molar refractivity (Wildman–Crippen MR) is 117 cm³/mol. The first-order valence-electron chi connectivity index (χ1n) is 9.86. The number of nitrogens with zero attached hydrogens (tertiary/aromatic N) is 2. The van der Waals surface area contributed by atoms with Gasteiger partial charge < -0.3 is 14.5 Å². The number of carbonyl (C=O) groups is 1. The van der Waals surface area contributed by atoms with Crippen molar-refractivity contribution in [1.82, 2.24) is 4.90 Å². The van der Waals surface area contributed by atoms with Crippen LogP contribution in [0.2, 0.25) is 5.02 Å². The number of carbonyl (C=O) groups excluding carboxylic acids is 1. The van der Waals surface area contributed by atoms with E-state index < -0.39 is 0 Å². The van der Waals surface area contributed by atoms with Gasteiger partial charge in [-0.3, -0.25) is 4.79 Å². The highest BCUT2D eigenvalue weighted by Crippen LogP contribution is 2.21. The van der Waals surface area contributed by atoms with E-state index in [1.807, 2.05) is 29.2 Å². The molecule has 1 heterocycles. The van der Waals surface area contributed by atoms with Gasteiger partial charge in [-0.15, -0.1) is 0 Å². The van der Waals surface area contributed by atoms with Crippen molar-refractivity contribution in [2.45, 2.75) is 6.61 Å². The van der Waals surface area contributed by atoms with Crippen molar-refractivity contribution < 1.29 is 13.9 Å². The fraction of sp³-hybridized carbons (Fsp3) is 0.208. The Morgan fingerprint density at radius 3 is 2.23 bits per heavy atom. The fourth-order valence-electron chi connectivity index (χ4n) is 3.47. The molecule has 3 aromatic rings. The van der Waals surface area contributed by atoms with Crippen LogP contribution in [-0.4, -0.2) is 37.0 Å². The molecule has 30 heavy (non-hydrogen) atoms. The van der Waals surface area contributed by atoms with Crippen molar-refractivity contribution in [2.75, 3.05) is 31.1 Å². The van der Waals surface area contributed by atoms with E-state index in [0.29, 0.717) is 36.0 Å². The van der Waals surface area contributed by atoms with E-state index in [4.69, 9.17) is 16.3 Å². The summed E-state index contributed by atoms with van der Waals surface area (Å²) in [5, 5.41) is 0.670. The van der Waals surface area contributed by atoms with Gasteiger partial charge in [0.1, 0.15) is 18.2 Å². The summed E-state index contributed by atoms with van der Waals surface area (Å²) in [6, 6.07) is 21.2. The van der Waals surface area contributed by atoms with Gasteiger partial charge in [0.25, 0.3) is 5.91 Å². The minimum atomic E-state index is -0.244. The van der Waals surface area contributed by atoms with Crippen molar-refractivity contribution in [2.24, 2.45) is 0 Å². The number of piperazine rings is 1. The third-order valence-electron chi connectivity index (χ3n) is 5.21. The average molecular weight is 425 g/mol. The Balaban J connectivity index is 1.31. The molecule has 4 nitrogen and oxygen atoms in total. The maximum absolute atomic E-state index is 13.1. The van der Waals surface area contributed by atoms with Gasteiger partial charge in [0, 0.05) is 48.0 Å². The summed E-state index contributed by atoms with van der Waals surface area (Å²) in [6.07, 6.45) is 0. The van der Waals surface area contributed by atoms with E-state index in [0.717, 1.165) is 24.3 Å². The smallest absolute Gasteiger partial charge is 0.253 e. The molecule has 1 aliphatic rings. The van der Waals surface area contributed by atoms with Gasteiger partial charge in [-0.05, 0) is 54.6 Å². The van der Waals surface area contributed by atoms with Crippen LogP contribution in [0.5, 0.6) is 5.75 Å². The highest BCUT2D eigenvalue weighted by molar-refractivity contribution is 6.31. The van der Waals surface area contributed by atoms with Gasteiger partial charge in [-0.1, -0.05) is 29.8 Å². The number of benzene rings is 3. The lowest BCUT2D eigenvalue weighted by Gasteiger charge is -2.36. The van der Waals surface area contributed by atoms with Crippen LogP contribution >= 0.6 is 11.6 Å². The Kier molecular flexibility index (Phi) is 6.19. The third-order valence-corrected chi connectivity index (χ3v) is 5.58. The number of hydrogen-bond acceptors (Lipinski definition) is 3. The van der Waals surface area contributed by atoms with Crippen molar-refractivity contribution in [3.8, 4) is 5.75 Å². The molecular weight excluding hydrogens is 403 g/mol. The second-order valence-corrected chi connectivity index (χ2v) is 7.57. The molecular formula is C24H22ClFN2O2. The van der Waals surface area contributed by atoms with E-state index in [1.54, 1.807) is 36.4 Å². The lowest BCUT2D eigenvalue weighted by Crippen LogP contribution is -2.48. The van der Waals surface area contributed by atoms with Gasteiger partial charge in [0.05, 0.1) is 0 Å². The van der Waals surface area contributed by atoms with Crippen molar-refractivity contribution in [3.05, 3.63) is 94.8 Å². The van der Waals surface area contributed by atoms with Crippen LogP contribution in [-0.2, 0) is 6.61 Å². The second-order valence-electron chi connectivity index (χ2n) is 7.16. The second kappa shape index (κ2) is 9.18. The molecule has 1 aliphatic heterocycles. The molecule has 1 saturated heterocycles. The minimum absolute atomic E-state index is 0.00594. The molecule has 1 fully saturated rings. The van der Waals surface area contributed by atoms with Crippen LogP contribution in [0.1, 0.15) is 15.9 Å². The maximum atomic E-state index is 13.1. The molecule has 0 spiro atoms. The lowest BCUT2D eigenvalue weighted by atomic mass is 10.1. The number of halogens is 2. The molecule has 1 amide bonds. The zero-order valence-electron chi connectivity index (χ0n) is 16.4. The van der Waals surface area contributed by atoms with E-state index >= 15 is 0 Å². The molecule has 0 radical (unpaired) electrons. The number of rotatable bonds is 5. The third kappa shape index (κ3) is 4.74. The first kappa shape index (κ1) is 20.2. The Morgan fingerprint density at radius 2 is 1.57 bits per heavy atom. The quantitative estimate of drug-likeness (QED) is 0.576. The van der Waals surface area contributed by atoms with Crippen LogP contribution in [0.25, 0.3) is 0 Å². The fourth-order valence-corrected chi connectivity index (χ4v) is 3.66. The van der Waals surface area contributed by atoms with E-state index in [9.17, 15) is 9.18 Å². The van der Waals surface area contributed by atoms with Crippen LogP contribution in [0.4, 0.5) is 10.1 Å². The summed E-state index contributed by atoms with van der Waals surface area (Å²) in [5.74, 6) is 0.450. The summed E-state index contributed by atoms with van der Waals surface area (Å²) in [5.41, 5.74) is 2.53. The number of ether oxygens (including phenoxy) is 1. The SMILES string of the molecule is O=C(c1ccc(OCc2ccccc2Cl)cc1)N1CCN(c2ccc(F)cc2)CC1. The molecule has 0 bridgehead atoms. The first-order chi connectivity index (χ1) is 14.6. The Morgan fingerprint density at radius 1 is 0.900 bits per heavy atom. The maximum Gasteiger partial charge on any atom is 0.253 e. The molecule has 0 unspecified atom stereocenters. The molecule has 3 aromatic carbocycles. The van der Waals surface area contributed by atoms with Crippen LogP contribution < -0.4 is 9.64 Å². The molecule has 0 saturated carbocycles. The van der Waals surface area contributed by atoms with E-state index in [-0.39, 0.29) is 11.7 Å². The number of anilines is 1. The zero-order chi connectivity index (χ0) is 20.9. The summed E-state index contributed by atoms with van der Waals surface area (Å²) in [6.45, 7) is 3.06. The summed E-state index contributed by atoms with van der Waals surface area (Å²) in [7, 11) is 0. The predicted octanol–water partition coefficient (Wildman–Crippen LogP) is 5.02. The molecule has 0 aromatic heterocycles. The van der Waals surface area contributed by atoms with Gasteiger partial charge in [0.2, 0.25) is 0 Å². The van der Waals surface area contributed by atoms with Gasteiger partial charge in [0.15, 0.2) is 0 Å². The molecule has 6 heteroatoms. The number of amides is 1. The van der Waals surface area contributed by atoms with Gasteiger partial charge >= 0.3 is 0 Å². The highest BCUT2D eigenvalue weighted by atomic mass is 35.5. The standard InChI is InChI=1S/C24H22ClFN2O2/c25-23-4-2-1-3-19(23)17-30-22-11-5-18(6-12-22)24(29)28-15-13-27(14-16-28)21-9-7-20(26)8-10-21/h1-12H,13-17H2. The Bertz CT molecular complexity index is 1000. The molecule has 0 aliphatic carbocycles. The molecule has 4 rings (SSSR count). The molecule has 0 N–H and O–H groups in total. The monoisotopic (exact) mass is 424 g/mol. The first-order valence-corrected chi connectivity index (χ1v) is 10.2. The lowest BCUT2D eigenvalue weighted by molar-refractivity contribution is 0.0746. The summed E-state index contributed by atoms with van der Waals surface area (Å²) >= 11 is 6.15. The van der Waals surface area contributed by atoms with Crippen molar-refractivity contribution in [1.29, 1.82) is 0 Å². The summed E-state index contributed by atoms with van der Waals surface area (Å²) in [4.78, 5) is 16.8. The van der Waals surface area contributed by atoms with Crippen LogP contribution in [0, 0.1) is 5.82 Å². The number of hydrogen-bond donors (Lipinski definition) is 0. The normalized spacial score (nSPS) is 13.9. The van der Waals surface area contributed by atoms with E-state index in [1.165, 1.54) is 12.1 Å². The molecule has 0 atom stereocenters. The highest BCUT2D eigenvalue weighted by Gasteiger charge is 2.22. The average Bonchev–Trinajstić information content (AvgIpc) is 2.79. The topological polar surface area (TPSA) is 32.8 Å². The zero-order valence-corrected chi connectivity index (χ0v) is 17.2. The van der Waals surface area contributed by atoms with Gasteiger partial charge in [-0.2, -0.15) is 0 Å². The Hall–Kier alpha value is -3.05. The molecule has 154 valence electrons. The van der Waals surface area contributed by atoms with E-state index in [2.05, 4.69) is 4.90 Å².